The van der Waals surface area contributed by atoms with Crippen LogP contribution >= 0.6 is 0 Å². The zero-order valence-corrected chi connectivity index (χ0v) is 7.60. The van der Waals surface area contributed by atoms with E-state index in [4.69, 9.17) is 0 Å². The number of nitrogens with one attached hydrogen (secondary N) is 1. The monoisotopic (exact) mass is 197 g/mol. The van der Waals surface area contributed by atoms with Gasteiger partial charge in [0.15, 0.2) is 0 Å². The predicted molar refractivity (Wildman–Crippen MR) is 47.1 cm³/mol. The summed E-state index contributed by atoms with van der Waals surface area (Å²) in [6.45, 7) is 2.10. The van der Waals surface area contributed by atoms with Crippen molar-refractivity contribution in [3.63, 3.8) is 0 Å². The van der Waals surface area contributed by atoms with E-state index in [1.807, 2.05) is 0 Å². The summed E-state index contributed by atoms with van der Waals surface area (Å²) in [6, 6.07) is 2.04. The van der Waals surface area contributed by atoms with Crippen molar-refractivity contribution in [2.45, 2.75) is 12.8 Å². The van der Waals surface area contributed by atoms with Gasteiger partial charge in [0.1, 0.15) is 11.6 Å². The highest BCUT2D eigenvalue weighted by Crippen LogP contribution is 2.27. The van der Waals surface area contributed by atoms with Gasteiger partial charge in [0.25, 0.3) is 5.91 Å². The highest BCUT2D eigenvalue weighted by molar-refractivity contribution is 5.97. The molecule has 1 amide bonds. The number of hydrogen-bond acceptors (Lipinski definition) is 1. The number of fused-ring (bicyclic) bond motifs is 1. The standard InChI is InChI=1S/C10H9F2NO/c1-5-4-13-10(14)9-7(12)3-2-6(11)8(5)9/h2-3,5H,4H2,1H3,(H,13,14). The lowest BCUT2D eigenvalue weighted by Gasteiger charge is -2.23. The van der Waals surface area contributed by atoms with E-state index in [2.05, 4.69) is 5.32 Å². The van der Waals surface area contributed by atoms with Crippen molar-refractivity contribution < 1.29 is 13.6 Å². The number of amides is 1. The first-order valence-corrected chi connectivity index (χ1v) is 4.37. The summed E-state index contributed by atoms with van der Waals surface area (Å²) in [5, 5.41) is 2.51. The van der Waals surface area contributed by atoms with Gasteiger partial charge in [-0.15, -0.1) is 0 Å². The third kappa shape index (κ3) is 1.18. The van der Waals surface area contributed by atoms with Crippen molar-refractivity contribution in [1.82, 2.24) is 5.32 Å². The lowest BCUT2D eigenvalue weighted by Crippen LogP contribution is -2.35. The molecule has 1 aromatic rings. The Labute approximate surface area is 79.9 Å². The quantitative estimate of drug-likeness (QED) is 0.675. The van der Waals surface area contributed by atoms with E-state index in [0.717, 1.165) is 12.1 Å². The molecule has 1 unspecified atom stereocenters. The van der Waals surface area contributed by atoms with Crippen molar-refractivity contribution in [2.24, 2.45) is 0 Å². The molecule has 1 atom stereocenters. The van der Waals surface area contributed by atoms with Gasteiger partial charge in [0.05, 0.1) is 5.56 Å². The number of carbonyl (C=O) groups is 1. The summed E-state index contributed by atoms with van der Waals surface area (Å²) < 4.78 is 26.6. The number of hydrogen-bond donors (Lipinski definition) is 1. The molecule has 0 aromatic heterocycles. The van der Waals surface area contributed by atoms with Gasteiger partial charge in [0, 0.05) is 18.0 Å². The maximum atomic E-state index is 13.3. The molecule has 4 heteroatoms. The van der Waals surface area contributed by atoms with Crippen LogP contribution in [-0.2, 0) is 0 Å². The molecule has 0 fully saturated rings. The van der Waals surface area contributed by atoms with Crippen LogP contribution in [0, 0.1) is 11.6 Å². The Kier molecular flexibility index (Phi) is 1.98. The maximum absolute atomic E-state index is 13.3. The zero-order chi connectivity index (χ0) is 10.3. The second kappa shape index (κ2) is 3.04. The van der Waals surface area contributed by atoms with E-state index in [1.165, 1.54) is 0 Å². The molecular weight excluding hydrogens is 188 g/mol. The van der Waals surface area contributed by atoms with Crippen LogP contribution in [0.5, 0.6) is 0 Å². The lowest BCUT2D eigenvalue weighted by molar-refractivity contribution is 0.0935. The number of rotatable bonds is 0. The summed E-state index contributed by atoms with van der Waals surface area (Å²) >= 11 is 0. The minimum atomic E-state index is -0.662. The maximum Gasteiger partial charge on any atom is 0.254 e. The molecule has 0 spiro atoms. The van der Waals surface area contributed by atoms with Crippen LogP contribution in [0.2, 0.25) is 0 Å². The van der Waals surface area contributed by atoms with E-state index >= 15 is 0 Å². The van der Waals surface area contributed by atoms with Gasteiger partial charge in [-0.1, -0.05) is 6.92 Å². The van der Waals surface area contributed by atoms with Crippen LogP contribution in [0.15, 0.2) is 12.1 Å². The summed E-state index contributed by atoms with van der Waals surface area (Å²) in [6.07, 6.45) is 0. The summed E-state index contributed by atoms with van der Waals surface area (Å²) in [7, 11) is 0. The zero-order valence-electron chi connectivity index (χ0n) is 7.60. The van der Waals surface area contributed by atoms with Crippen LogP contribution in [0.3, 0.4) is 0 Å². The van der Waals surface area contributed by atoms with Crippen LogP contribution < -0.4 is 5.32 Å². The molecule has 1 aliphatic heterocycles. The van der Waals surface area contributed by atoms with Crippen LogP contribution in [0.4, 0.5) is 8.78 Å². The highest BCUT2D eigenvalue weighted by atomic mass is 19.1. The second-order valence-corrected chi connectivity index (χ2v) is 3.43. The normalized spacial score (nSPS) is 20.2. The molecular formula is C10H9F2NO. The highest BCUT2D eigenvalue weighted by Gasteiger charge is 2.28. The van der Waals surface area contributed by atoms with E-state index in [9.17, 15) is 13.6 Å². The summed E-state index contributed by atoms with van der Waals surface area (Å²) in [5.74, 6) is -1.89. The van der Waals surface area contributed by atoms with Crippen molar-refractivity contribution in [1.29, 1.82) is 0 Å². The Balaban J connectivity index is 2.71. The van der Waals surface area contributed by atoms with Crippen LogP contribution in [-0.4, -0.2) is 12.5 Å². The number of carbonyl (C=O) groups excluding carboxylic acids is 1. The Morgan fingerprint density at radius 1 is 1.36 bits per heavy atom. The van der Waals surface area contributed by atoms with Crippen molar-refractivity contribution >= 4 is 5.91 Å². The second-order valence-electron chi connectivity index (χ2n) is 3.43. The smallest absolute Gasteiger partial charge is 0.254 e. The van der Waals surface area contributed by atoms with Gasteiger partial charge < -0.3 is 5.32 Å². The van der Waals surface area contributed by atoms with Gasteiger partial charge in [0.2, 0.25) is 0 Å². The molecule has 1 aromatic carbocycles. The Morgan fingerprint density at radius 3 is 2.64 bits per heavy atom. The van der Waals surface area contributed by atoms with Gasteiger partial charge in [-0.3, -0.25) is 4.79 Å². The molecule has 14 heavy (non-hydrogen) atoms. The third-order valence-electron chi connectivity index (χ3n) is 2.43. The SMILES string of the molecule is CC1CNC(=O)c2c(F)ccc(F)c21. The van der Waals surface area contributed by atoms with Crippen molar-refractivity contribution in [3.8, 4) is 0 Å². The average molecular weight is 197 g/mol. The van der Waals surface area contributed by atoms with Crippen molar-refractivity contribution in [3.05, 3.63) is 34.9 Å². The predicted octanol–water partition coefficient (Wildman–Crippen LogP) is 1.81. The minimum absolute atomic E-state index is 0.149. The molecule has 1 aliphatic rings. The minimum Gasteiger partial charge on any atom is -0.351 e. The van der Waals surface area contributed by atoms with E-state index in [1.54, 1.807) is 6.92 Å². The van der Waals surface area contributed by atoms with E-state index in [-0.39, 0.29) is 17.0 Å². The Hall–Kier alpha value is -1.45. The molecule has 0 saturated carbocycles. The largest absolute Gasteiger partial charge is 0.351 e. The first-order chi connectivity index (χ1) is 6.61. The van der Waals surface area contributed by atoms with Gasteiger partial charge in [-0.25, -0.2) is 8.78 Å². The average Bonchev–Trinajstić information content (AvgIpc) is 2.16. The molecule has 1 N–H and O–H groups in total. The first-order valence-electron chi connectivity index (χ1n) is 4.37. The third-order valence-corrected chi connectivity index (χ3v) is 2.43. The number of benzene rings is 1. The molecule has 1 heterocycles. The topological polar surface area (TPSA) is 29.1 Å². The Morgan fingerprint density at radius 2 is 2.00 bits per heavy atom. The fraction of sp³-hybridized carbons (Fsp3) is 0.300. The van der Waals surface area contributed by atoms with E-state index < -0.39 is 17.5 Å². The Bertz CT molecular complexity index is 403. The van der Waals surface area contributed by atoms with E-state index in [0.29, 0.717) is 6.54 Å². The molecule has 0 radical (unpaired) electrons. The molecule has 2 rings (SSSR count). The lowest BCUT2D eigenvalue weighted by atomic mass is 9.91. The summed E-state index contributed by atoms with van der Waals surface area (Å²) in [5.41, 5.74) is 0.0394. The number of halogens is 2. The molecule has 0 aliphatic carbocycles. The van der Waals surface area contributed by atoms with Crippen molar-refractivity contribution in [2.75, 3.05) is 6.54 Å². The first kappa shape index (κ1) is 9.12. The molecule has 2 nitrogen and oxygen atoms in total. The molecule has 0 bridgehead atoms. The fourth-order valence-corrected chi connectivity index (χ4v) is 1.72. The summed E-state index contributed by atoms with van der Waals surface area (Å²) in [4.78, 5) is 11.3. The molecule has 74 valence electrons. The molecule has 0 saturated heterocycles. The van der Waals surface area contributed by atoms with Gasteiger partial charge >= 0.3 is 0 Å². The van der Waals surface area contributed by atoms with Gasteiger partial charge in [-0.05, 0) is 12.1 Å². The van der Waals surface area contributed by atoms with Gasteiger partial charge in [-0.2, -0.15) is 0 Å². The fourth-order valence-electron chi connectivity index (χ4n) is 1.72. The van der Waals surface area contributed by atoms with Crippen LogP contribution in [0.1, 0.15) is 28.8 Å². The van der Waals surface area contributed by atoms with Crippen LogP contribution in [0.25, 0.3) is 0 Å².